The second-order valence-electron chi connectivity index (χ2n) is 3.88. The highest BCUT2D eigenvalue weighted by molar-refractivity contribution is 5.79. The molecule has 0 aliphatic heterocycles. The van der Waals surface area contributed by atoms with Gasteiger partial charge in [0.25, 0.3) is 0 Å². The van der Waals surface area contributed by atoms with E-state index >= 15 is 0 Å². The monoisotopic (exact) mass is 231 g/mol. The van der Waals surface area contributed by atoms with Gasteiger partial charge in [-0.05, 0) is 26.0 Å². The topological polar surface area (TPSA) is 52.3 Å². The highest BCUT2D eigenvalue weighted by Crippen LogP contribution is 2.19. The van der Waals surface area contributed by atoms with Crippen molar-refractivity contribution in [3.05, 3.63) is 46.8 Å². The number of carbonyl (C=O) groups is 1. The van der Waals surface area contributed by atoms with Gasteiger partial charge in [-0.1, -0.05) is 16.8 Å². The molecule has 0 N–H and O–H groups in total. The third-order valence-electron chi connectivity index (χ3n) is 2.34. The SMILES string of the molecule is Cc1ccc(OCc2cc(C)no2)c(C=O)c1. The Morgan fingerprint density at radius 3 is 2.82 bits per heavy atom. The Labute approximate surface area is 99.2 Å². The summed E-state index contributed by atoms with van der Waals surface area (Å²) in [7, 11) is 0. The van der Waals surface area contributed by atoms with E-state index in [1.54, 1.807) is 18.2 Å². The molecule has 0 saturated heterocycles. The fourth-order valence-electron chi connectivity index (χ4n) is 1.52. The highest BCUT2D eigenvalue weighted by atomic mass is 16.5. The number of hydrogen-bond acceptors (Lipinski definition) is 4. The van der Waals surface area contributed by atoms with Gasteiger partial charge in [0, 0.05) is 6.07 Å². The summed E-state index contributed by atoms with van der Waals surface area (Å²) in [6, 6.07) is 7.26. The first kappa shape index (κ1) is 11.4. The van der Waals surface area contributed by atoms with Crippen LogP contribution in [0.2, 0.25) is 0 Å². The summed E-state index contributed by atoms with van der Waals surface area (Å²) < 4.78 is 10.5. The van der Waals surface area contributed by atoms with Crippen molar-refractivity contribution in [1.82, 2.24) is 5.16 Å². The predicted molar refractivity (Wildman–Crippen MR) is 62.1 cm³/mol. The van der Waals surface area contributed by atoms with E-state index in [-0.39, 0.29) is 6.61 Å². The number of hydrogen-bond donors (Lipinski definition) is 0. The molecule has 2 rings (SSSR count). The van der Waals surface area contributed by atoms with Crippen LogP contribution < -0.4 is 4.74 Å². The Kier molecular flexibility index (Phi) is 3.23. The first-order chi connectivity index (χ1) is 8.19. The van der Waals surface area contributed by atoms with Crippen LogP contribution in [0.25, 0.3) is 0 Å². The molecule has 0 aliphatic carbocycles. The van der Waals surface area contributed by atoms with Crippen LogP contribution in [-0.4, -0.2) is 11.4 Å². The van der Waals surface area contributed by atoms with E-state index in [1.165, 1.54) is 0 Å². The fourth-order valence-corrected chi connectivity index (χ4v) is 1.52. The summed E-state index contributed by atoms with van der Waals surface area (Å²) in [6.45, 7) is 4.04. The highest BCUT2D eigenvalue weighted by Gasteiger charge is 2.06. The minimum atomic E-state index is 0.269. The molecule has 2 aromatic rings. The van der Waals surface area contributed by atoms with E-state index < -0.39 is 0 Å². The van der Waals surface area contributed by atoms with Crippen molar-refractivity contribution in [3.8, 4) is 5.75 Å². The molecule has 1 aromatic carbocycles. The van der Waals surface area contributed by atoms with E-state index in [2.05, 4.69) is 5.16 Å². The number of rotatable bonds is 4. The van der Waals surface area contributed by atoms with Gasteiger partial charge < -0.3 is 9.26 Å². The average Bonchev–Trinajstić information content (AvgIpc) is 2.73. The van der Waals surface area contributed by atoms with E-state index in [4.69, 9.17) is 9.26 Å². The van der Waals surface area contributed by atoms with Crippen molar-refractivity contribution < 1.29 is 14.1 Å². The number of aromatic nitrogens is 1. The van der Waals surface area contributed by atoms with Crippen LogP contribution in [0.1, 0.15) is 27.4 Å². The molecule has 1 heterocycles. The van der Waals surface area contributed by atoms with E-state index in [9.17, 15) is 4.79 Å². The zero-order valence-electron chi connectivity index (χ0n) is 9.77. The molecule has 0 atom stereocenters. The Bertz CT molecular complexity index is 531. The van der Waals surface area contributed by atoms with E-state index in [0.717, 1.165) is 17.5 Å². The number of benzene rings is 1. The van der Waals surface area contributed by atoms with Crippen molar-refractivity contribution >= 4 is 6.29 Å². The number of aldehydes is 1. The molecule has 0 amide bonds. The predicted octanol–water partition coefficient (Wildman–Crippen LogP) is 2.68. The zero-order chi connectivity index (χ0) is 12.3. The molecule has 4 heteroatoms. The van der Waals surface area contributed by atoms with Crippen LogP contribution in [0, 0.1) is 13.8 Å². The zero-order valence-corrected chi connectivity index (χ0v) is 9.77. The molecular weight excluding hydrogens is 218 g/mol. The first-order valence-corrected chi connectivity index (χ1v) is 5.30. The molecule has 88 valence electrons. The molecule has 0 spiro atoms. The molecule has 0 saturated carbocycles. The molecule has 0 bridgehead atoms. The molecular formula is C13H13NO3. The molecule has 4 nitrogen and oxygen atoms in total. The van der Waals surface area contributed by atoms with E-state index in [0.29, 0.717) is 17.1 Å². The molecule has 0 aliphatic rings. The third kappa shape index (κ3) is 2.72. The second-order valence-corrected chi connectivity index (χ2v) is 3.88. The lowest BCUT2D eigenvalue weighted by atomic mass is 10.1. The van der Waals surface area contributed by atoms with Gasteiger partial charge in [-0.25, -0.2) is 0 Å². The second kappa shape index (κ2) is 4.82. The Morgan fingerprint density at radius 2 is 2.18 bits per heavy atom. The summed E-state index contributed by atoms with van der Waals surface area (Å²) >= 11 is 0. The van der Waals surface area contributed by atoms with Gasteiger partial charge in [0.2, 0.25) is 0 Å². The average molecular weight is 231 g/mol. The van der Waals surface area contributed by atoms with Gasteiger partial charge in [0.1, 0.15) is 12.4 Å². The Morgan fingerprint density at radius 1 is 1.35 bits per heavy atom. The molecule has 0 radical (unpaired) electrons. The minimum absolute atomic E-state index is 0.269. The number of aryl methyl sites for hydroxylation is 2. The lowest BCUT2D eigenvalue weighted by Gasteiger charge is -2.06. The quantitative estimate of drug-likeness (QED) is 0.759. The molecule has 0 unspecified atom stereocenters. The maximum absolute atomic E-state index is 10.9. The fraction of sp³-hybridized carbons (Fsp3) is 0.231. The van der Waals surface area contributed by atoms with Crippen LogP contribution >= 0.6 is 0 Å². The number of carbonyl (C=O) groups excluding carboxylic acids is 1. The van der Waals surface area contributed by atoms with Gasteiger partial charge in [-0.3, -0.25) is 4.79 Å². The van der Waals surface area contributed by atoms with Crippen LogP contribution in [0.5, 0.6) is 5.75 Å². The third-order valence-corrected chi connectivity index (χ3v) is 2.34. The van der Waals surface area contributed by atoms with Gasteiger partial charge in [0.15, 0.2) is 12.0 Å². The van der Waals surface area contributed by atoms with Gasteiger partial charge in [0.05, 0.1) is 11.3 Å². The Balaban J connectivity index is 2.11. The maximum atomic E-state index is 10.9. The summed E-state index contributed by atoms with van der Waals surface area (Å²) in [4.78, 5) is 10.9. The lowest BCUT2D eigenvalue weighted by molar-refractivity contribution is 0.111. The summed E-state index contributed by atoms with van der Waals surface area (Å²) in [5.74, 6) is 1.19. The normalized spacial score (nSPS) is 10.2. The van der Waals surface area contributed by atoms with Crippen LogP contribution in [-0.2, 0) is 6.61 Å². The van der Waals surface area contributed by atoms with Crippen molar-refractivity contribution in [2.24, 2.45) is 0 Å². The number of nitrogens with zero attached hydrogens (tertiary/aromatic N) is 1. The summed E-state index contributed by atoms with van der Waals surface area (Å²) in [5.41, 5.74) is 2.37. The largest absolute Gasteiger partial charge is 0.485 e. The van der Waals surface area contributed by atoms with Crippen molar-refractivity contribution in [2.75, 3.05) is 0 Å². The van der Waals surface area contributed by atoms with Crippen molar-refractivity contribution in [3.63, 3.8) is 0 Å². The standard InChI is InChI=1S/C13H13NO3/c1-9-3-4-13(11(5-9)7-15)16-8-12-6-10(2)14-17-12/h3-7H,8H2,1-2H3. The first-order valence-electron chi connectivity index (χ1n) is 5.30. The molecule has 1 aromatic heterocycles. The molecule has 0 fully saturated rings. The number of ether oxygens (including phenoxy) is 1. The maximum Gasteiger partial charge on any atom is 0.174 e. The van der Waals surface area contributed by atoms with Crippen molar-refractivity contribution in [2.45, 2.75) is 20.5 Å². The lowest BCUT2D eigenvalue weighted by Crippen LogP contribution is -1.97. The van der Waals surface area contributed by atoms with E-state index in [1.807, 2.05) is 19.9 Å². The van der Waals surface area contributed by atoms with Crippen LogP contribution in [0.15, 0.2) is 28.8 Å². The van der Waals surface area contributed by atoms with Crippen LogP contribution in [0.3, 0.4) is 0 Å². The summed E-state index contributed by atoms with van der Waals surface area (Å²) in [6.07, 6.45) is 0.786. The van der Waals surface area contributed by atoms with Gasteiger partial charge in [-0.15, -0.1) is 0 Å². The minimum Gasteiger partial charge on any atom is -0.485 e. The Hall–Kier alpha value is -2.10. The smallest absolute Gasteiger partial charge is 0.174 e. The van der Waals surface area contributed by atoms with Crippen molar-refractivity contribution in [1.29, 1.82) is 0 Å². The van der Waals surface area contributed by atoms with Gasteiger partial charge in [-0.2, -0.15) is 0 Å². The summed E-state index contributed by atoms with van der Waals surface area (Å²) in [5, 5.41) is 3.76. The van der Waals surface area contributed by atoms with Crippen LogP contribution in [0.4, 0.5) is 0 Å². The van der Waals surface area contributed by atoms with Gasteiger partial charge >= 0.3 is 0 Å². The molecule has 17 heavy (non-hydrogen) atoms.